The van der Waals surface area contributed by atoms with Crippen LogP contribution in [0.3, 0.4) is 0 Å². The summed E-state index contributed by atoms with van der Waals surface area (Å²) in [6.45, 7) is 3.00. The second-order valence-electron chi connectivity index (χ2n) is 7.75. The molecule has 1 unspecified atom stereocenters. The van der Waals surface area contributed by atoms with Gasteiger partial charge in [0.15, 0.2) is 17.5 Å². The van der Waals surface area contributed by atoms with E-state index in [2.05, 4.69) is 20.6 Å². The smallest absolute Gasteiger partial charge is 0.226 e. The van der Waals surface area contributed by atoms with Gasteiger partial charge in [0.2, 0.25) is 5.89 Å². The van der Waals surface area contributed by atoms with E-state index in [1.165, 1.54) is 18.9 Å². The zero-order valence-corrected chi connectivity index (χ0v) is 17.8. The summed E-state index contributed by atoms with van der Waals surface area (Å²) in [5.74, 6) is 1.72. The molecule has 162 valence electrons. The van der Waals surface area contributed by atoms with Gasteiger partial charge >= 0.3 is 0 Å². The molecule has 1 fully saturated rings. The summed E-state index contributed by atoms with van der Waals surface area (Å²) in [4.78, 5) is 8.75. The Bertz CT molecular complexity index is 1030. The number of benzene rings is 2. The van der Waals surface area contributed by atoms with E-state index in [0.29, 0.717) is 36.7 Å². The van der Waals surface area contributed by atoms with Crippen molar-refractivity contribution in [1.29, 1.82) is 0 Å². The van der Waals surface area contributed by atoms with Gasteiger partial charge < -0.3 is 19.8 Å². The Morgan fingerprint density at radius 2 is 2.06 bits per heavy atom. The molecule has 2 N–H and O–H groups in total. The molecule has 2 aromatic carbocycles. The minimum absolute atomic E-state index is 0.143. The van der Waals surface area contributed by atoms with Gasteiger partial charge in [-0.1, -0.05) is 24.3 Å². The second-order valence-corrected chi connectivity index (χ2v) is 7.75. The lowest BCUT2D eigenvalue weighted by Gasteiger charge is -2.18. The molecule has 0 aliphatic heterocycles. The number of nitrogens with one attached hydrogen (secondary N) is 2. The first-order valence-corrected chi connectivity index (χ1v) is 10.5. The van der Waals surface area contributed by atoms with Crippen LogP contribution in [-0.2, 0) is 6.54 Å². The minimum atomic E-state index is -0.342. The van der Waals surface area contributed by atoms with E-state index < -0.39 is 0 Å². The van der Waals surface area contributed by atoms with Gasteiger partial charge in [-0.2, -0.15) is 0 Å². The van der Waals surface area contributed by atoms with Crippen molar-refractivity contribution in [2.24, 2.45) is 10.9 Å². The fourth-order valence-corrected chi connectivity index (χ4v) is 3.15. The van der Waals surface area contributed by atoms with Crippen LogP contribution in [0.2, 0.25) is 0 Å². The second kappa shape index (κ2) is 9.64. The normalized spacial score (nSPS) is 14.9. The molecule has 1 saturated carbocycles. The molecule has 1 atom stereocenters. The number of guanidine groups is 1. The molecule has 0 radical (unpaired) electrons. The highest BCUT2D eigenvalue weighted by atomic mass is 19.1. The van der Waals surface area contributed by atoms with Crippen LogP contribution in [0.1, 0.15) is 37.1 Å². The SMILES string of the molecule is CN=C(NCc1coc(-c2ccccc2)n1)NC(C)c1ccc(OCC2CC2)c(F)c1. The zero-order valence-electron chi connectivity index (χ0n) is 17.8. The summed E-state index contributed by atoms with van der Waals surface area (Å²) >= 11 is 0. The third-order valence-corrected chi connectivity index (χ3v) is 5.21. The Kier molecular flexibility index (Phi) is 6.50. The summed E-state index contributed by atoms with van der Waals surface area (Å²) in [5.41, 5.74) is 2.50. The van der Waals surface area contributed by atoms with Crippen LogP contribution in [0, 0.1) is 11.7 Å². The molecule has 1 heterocycles. The molecule has 7 heteroatoms. The van der Waals surface area contributed by atoms with E-state index in [9.17, 15) is 4.39 Å². The monoisotopic (exact) mass is 422 g/mol. The standard InChI is InChI=1S/C24H27FN4O2/c1-16(19-10-11-22(21(25)12-19)30-14-17-8-9-17)28-24(26-2)27-13-20-15-31-23(29-20)18-6-4-3-5-7-18/h3-7,10-12,15-17H,8-9,13-14H2,1-2H3,(H2,26,27,28). The summed E-state index contributed by atoms with van der Waals surface area (Å²) in [5, 5.41) is 6.49. The van der Waals surface area contributed by atoms with Gasteiger partial charge in [-0.25, -0.2) is 9.37 Å². The average molecular weight is 423 g/mol. The van der Waals surface area contributed by atoms with E-state index in [-0.39, 0.29) is 11.9 Å². The lowest BCUT2D eigenvalue weighted by Crippen LogP contribution is -2.38. The lowest BCUT2D eigenvalue weighted by molar-refractivity contribution is 0.285. The van der Waals surface area contributed by atoms with Crippen LogP contribution in [0.5, 0.6) is 5.75 Å². The molecule has 6 nitrogen and oxygen atoms in total. The summed E-state index contributed by atoms with van der Waals surface area (Å²) in [6, 6.07) is 14.7. The fraction of sp³-hybridized carbons (Fsp3) is 0.333. The van der Waals surface area contributed by atoms with E-state index in [1.54, 1.807) is 19.4 Å². The molecule has 1 aliphatic carbocycles. The van der Waals surface area contributed by atoms with Crippen molar-refractivity contribution in [3.05, 3.63) is 71.9 Å². The number of halogens is 1. The highest BCUT2D eigenvalue weighted by Gasteiger charge is 2.22. The van der Waals surface area contributed by atoms with Crippen LogP contribution >= 0.6 is 0 Å². The van der Waals surface area contributed by atoms with Gasteiger partial charge in [-0.15, -0.1) is 0 Å². The Hall–Kier alpha value is -3.35. The minimum Gasteiger partial charge on any atom is -0.490 e. The van der Waals surface area contributed by atoms with Gasteiger partial charge in [0.25, 0.3) is 0 Å². The maximum atomic E-state index is 14.4. The molecule has 31 heavy (non-hydrogen) atoms. The number of nitrogens with zero attached hydrogens (tertiary/aromatic N) is 2. The van der Waals surface area contributed by atoms with Crippen molar-refractivity contribution in [2.75, 3.05) is 13.7 Å². The predicted octanol–water partition coefficient (Wildman–Crippen LogP) is 4.70. The first-order valence-electron chi connectivity index (χ1n) is 10.5. The van der Waals surface area contributed by atoms with Crippen molar-refractivity contribution in [2.45, 2.75) is 32.4 Å². The molecule has 0 spiro atoms. The Morgan fingerprint density at radius 1 is 1.26 bits per heavy atom. The molecule has 0 bridgehead atoms. The third kappa shape index (κ3) is 5.63. The number of hydrogen-bond donors (Lipinski definition) is 2. The highest BCUT2D eigenvalue weighted by Crippen LogP contribution is 2.30. The summed E-state index contributed by atoms with van der Waals surface area (Å²) < 4.78 is 25.5. The summed E-state index contributed by atoms with van der Waals surface area (Å²) in [6.07, 6.45) is 3.98. The number of oxazole rings is 1. The molecular formula is C24H27FN4O2. The quantitative estimate of drug-likeness (QED) is 0.407. The van der Waals surface area contributed by atoms with Gasteiger partial charge in [-0.05, 0) is 55.5 Å². The number of hydrogen-bond acceptors (Lipinski definition) is 4. The maximum Gasteiger partial charge on any atom is 0.226 e. The third-order valence-electron chi connectivity index (χ3n) is 5.21. The predicted molar refractivity (Wildman–Crippen MR) is 118 cm³/mol. The zero-order chi connectivity index (χ0) is 21.6. The molecule has 4 rings (SSSR count). The van der Waals surface area contributed by atoms with Crippen LogP contribution < -0.4 is 15.4 Å². The molecule has 3 aromatic rings. The number of aliphatic imine (C=N–C) groups is 1. The van der Waals surface area contributed by atoms with Crippen LogP contribution in [0.4, 0.5) is 4.39 Å². The van der Waals surface area contributed by atoms with Crippen molar-refractivity contribution in [3.8, 4) is 17.2 Å². The van der Waals surface area contributed by atoms with E-state index >= 15 is 0 Å². The van der Waals surface area contributed by atoms with Gasteiger partial charge in [0.1, 0.15) is 6.26 Å². The molecule has 0 amide bonds. The summed E-state index contributed by atoms with van der Waals surface area (Å²) in [7, 11) is 1.69. The first-order chi connectivity index (χ1) is 15.1. The Balaban J connectivity index is 1.31. The van der Waals surface area contributed by atoms with Crippen LogP contribution in [0.25, 0.3) is 11.5 Å². The van der Waals surface area contributed by atoms with Crippen molar-refractivity contribution >= 4 is 5.96 Å². The lowest BCUT2D eigenvalue weighted by atomic mass is 10.1. The van der Waals surface area contributed by atoms with E-state index in [4.69, 9.17) is 9.15 Å². The average Bonchev–Trinajstić information content (AvgIpc) is 3.51. The first kappa shape index (κ1) is 20.9. The number of rotatable bonds is 8. The molecule has 1 aromatic heterocycles. The van der Waals surface area contributed by atoms with Crippen LogP contribution in [0.15, 0.2) is 64.2 Å². The number of ether oxygens (including phenoxy) is 1. The largest absolute Gasteiger partial charge is 0.490 e. The van der Waals surface area contributed by atoms with Crippen LogP contribution in [-0.4, -0.2) is 24.6 Å². The maximum absolute atomic E-state index is 14.4. The Labute approximate surface area is 181 Å². The molecule has 1 aliphatic rings. The topological polar surface area (TPSA) is 71.7 Å². The van der Waals surface area contributed by atoms with E-state index in [0.717, 1.165) is 16.8 Å². The molecular weight excluding hydrogens is 395 g/mol. The van der Waals surface area contributed by atoms with E-state index in [1.807, 2.05) is 43.3 Å². The molecule has 0 saturated heterocycles. The van der Waals surface area contributed by atoms with Gasteiger partial charge in [0.05, 0.1) is 24.9 Å². The van der Waals surface area contributed by atoms with Gasteiger partial charge in [0, 0.05) is 12.6 Å². The van der Waals surface area contributed by atoms with Crippen molar-refractivity contribution in [3.63, 3.8) is 0 Å². The highest BCUT2D eigenvalue weighted by molar-refractivity contribution is 5.80. The van der Waals surface area contributed by atoms with Gasteiger partial charge in [-0.3, -0.25) is 4.99 Å². The van der Waals surface area contributed by atoms with Crippen molar-refractivity contribution in [1.82, 2.24) is 15.6 Å². The number of aromatic nitrogens is 1. The van der Waals surface area contributed by atoms with Crippen molar-refractivity contribution < 1.29 is 13.5 Å². The fourth-order valence-electron chi connectivity index (χ4n) is 3.15. The Morgan fingerprint density at radius 3 is 2.77 bits per heavy atom.